The summed E-state index contributed by atoms with van der Waals surface area (Å²) in [4.78, 5) is 0. The van der Waals surface area contributed by atoms with Gasteiger partial charge in [-0.25, -0.2) is 0 Å². The Morgan fingerprint density at radius 3 is 2.46 bits per heavy atom. The second-order valence-corrected chi connectivity index (χ2v) is 3.42. The van der Waals surface area contributed by atoms with Crippen molar-refractivity contribution >= 4 is 24.8 Å². The lowest BCUT2D eigenvalue weighted by Gasteiger charge is -2.37. The van der Waals surface area contributed by atoms with Crippen LogP contribution in [0.15, 0.2) is 18.5 Å². The molecule has 0 saturated heterocycles. The lowest BCUT2D eigenvalue weighted by atomic mass is 9.78. The van der Waals surface area contributed by atoms with Crippen LogP contribution in [-0.2, 0) is 6.54 Å². The number of hydrogen-bond donors (Lipinski definition) is 1. The van der Waals surface area contributed by atoms with E-state index in [9.17, 15) is 0 Å². The number of nitrogens with two attached hydrogens (primary N) is 1. The first-order valence-corrected chi connectivity index (χ1v) is 4.05. The highest BCUT2D eigenvalue weighted by atomic mass is 35.5. The molecule has 1 aromatic rings. The van der Waals surface area contributed by atoms with Gasteiger partial charge >= 0.3 is 0 Å². The van der Waals surface area contributed by atoms with Crippen LogP contribution in [0.25, 0.3) is 0 Å². The molecule has 0 aromatic carbocycles. The van der Waals surface area contributed by atoms with Gasteiger partial charge in [-0.05, 0) is 25.3 Å². The van der Waals surface area contributed by atoms with Crippen molar-refractivity contribution in [3.05, 3.63) is 18.5 Å². The topological polar surface area (TPSA) is 43.8 Å². The summed E-state index contributed by atoms with van der Waals surface area (Å²) in [6, 6.07) is 1.93. The van der Waals surface area contributed by atoms with E-state index in [0.717, 1.165) is 19.4 Å². The number of halogens is 2. The second-order valence-electron chi connectivity index (χ2n) is 3.42. The van der Waals surface area contributed by atoms with Gasteiger partial charge in [-0.3, -0.25) is 4.68 Å². The van der Waals surface area contributed by atoms with Crippen molar-refractivity contribution in [2.45, 2.75) is 31.3 Å². The smallest absolute Gasteiger partial charge is 0.0589 e. The number of nitrogens with zero attached hydrogens (tertiary/aromatic N) is 2. The summed E-state index contributed by atoms with van der Waals surface area (Å²) in [6.07, 6.45) is 7.33. The Labute approximate surface area is 90.5 Å². The Kier molecular flexibility index (Phi) is 4.75. The Morgan fingerprint density at radius 2 is 2.08 bits per heavy atom. The molecule has 1 aliphatic rings. The Morgan fingerprint density at radius 1 is 1.38 bits per heavy atom. The molecule has 1 aromatic heterocycles. The molecule has 0 amide bonds. The molecule has 0 atom stereocenters. The lowest BCUT2D eigenvalue weighted by Crippen LogP contribution is -2.50. The second kappa shape index (κ2) is 4.84. The third-order valence-corrected chi connectivity index (χ3v) is 2.39. The van der Waals surface area contributed by atoms with Crippen molar-refractivity contribution in [1.82, 2.24) is 9.78 Å². The fourth-order valence-electron chi connectivity index (χ4n) is 1.51. The molecule has 13 heavy (non-hydrogen) atoms. The molecular weight excluding hydrogens is 209 g/mol. The van der Waals surface area contributed by atoms with Crippen LogP contribution >= 0.6 is 24.8 Å². The Hall–Kier alpha value is -0.250. The Bertz CT molecular complexity index is 232. The highest BCUT2D eigenvalue weighted by Gasteiger charge is 2.32. The standard InChI is InChI=1S/C8H13N3.2ClH/c9-8(3-1-4-8)7-11-6-2-5-10-11;;/h2,5-6H,1,3-4,7,9H2;2*1H. The Balaban J connectivity index is 0.000000720. The van der Waals surface area contributed by atoms with Crippen LogP contribution in [0.5, 0.6) is 0 Å². The summed E-state index contributed by atoms with van der Waals surface area (Å²) in [7, 11) is 0. The van der Waals surface area contributed by atoms with E-state index in [1.807, 2.05) is 16.9 Å². The maximum absolute atomic E-state index is 6.03. The van der Waals surface area contributed by atoms with Gasteiger partial charge in [0, 0.05) is 17.9 Å². The molecule has 0 radical (unpaired) electrons. The van der Waals surface area contributed by atoms with Gasteiger partial charge < -0.3 is 5.73 Å². The van der Waals surface area contributed by atoms with E-state index in [1.54, 1.807) is 6.20 Å². The maximum Gasteiger partial charge on any atom is 0.0589 e. The third kappa shape index (κ3) is 2.86. The first kappa shape index (κ1) is 12.8. The van der Waals surface area contributed by atoms with E-state index in [2.05, 4.69) is 5.10 Å². The molecule has 0 spiro atoms. The fraction of sp³-hybridized carbons (Fsp3) is 0.625. The average Bonchev–Trinajstić information content (AvgIpc) is 2.36. The fourth-order valence-corrected chi connectivity index (χ4v) is 1.51. The lowest BCUT2D eigenvalue weighted by molar-refractivity contribution is 0.207. The normalized spacial score (nSPS) is 17.9. The molecule has 0 bridgehead atoms. The molecule has 1 aliphatic carbocycles. The van der Waals surface area contributed by atoms with Crippen LogP contribution in [-0.4, -0.2) is 15.3 Å². The van der Waals surface area contributed by atoms with Crippen LogP contribution in [0.4, 0.5) is 0 Å². The quantitative estimate of drug-likeness (QED) is 0.829. The minimum Gasteiger partial charge on any atom is -0.324 e. The molecule has 0 aliphatic heterocycles. The number of aromatic nitrogens is 2. The molecular formula is C8H15Cl2N3. The molecule has 0 unspecified atom stereocenters. The zero-order valence-electron chi connectivity index (χ0n) is 7.35. The predicted octanol–water partition coefficient (Wildman–Crippen LogP) is 1.61. The zero-order chi connectivity index (χ0) is 7.73. The van der Waals surface area contributed by atoms with Crippen LogP contribution in [0.3, 0.4) is 0 Å². The van der Waals surface area contributed by atoms with E-state index >= 15 is 0 Å². The molecule has 76 valence electrons. The summed E-state index contributed by atoms with van der Waals surface area (Å²) in [6.45, 7) is 0.875. The summed E-state index contributed by atoms with van der Waals surface area (Å²) >= 11 is 0. The minimum atomic E-state index is 0. The molecule has 1 heterocycles. The summed E-state index contributed by atoms with van der Waals surface area (Å²) in [5.74, 6) is 0. The van der Waals surface area contributed by atoms with Crippen molar-refractivity contribution < 1.29 is 0 Å². The van der Waals surface area contributed by atoms with Crippen molar-refractivity contribution in [3.63, 3.8) is 0 Å². The van der Waals surface area contributed by atoms with Gasteiger partial charge in [0.05, 0.1) is 6.54 Å². The number of hydrogen-bond acceptors (Lipinski definition) is 2. The van der Waals surface area contributed by atoms with E-state index in [0.29, 0.717) is 0 Å². The van der Waals surface area contributed by atoms with E-state index in [-0.39, 0.29) is 30.4 Å². The largest absolute Gasteiger partial charge is 0.324 e. The highest BCUT2D eigenvalue weighted by Crippen LogP contribution is 2.30. The molecule has 2 rings (SSSR count). The molecule has 3 nitrogen and oxygen atoms in total. The SMILES string of the molecule is Cl.Cl.NC1(Cn2cccn2)CCC1. The highest BCUT2D eigenvalue weighted by molar-refractivity contribution is 5.85. The minimum absolute atomic E-state index is 0. The number of rotatable bonds is 2. The molecule has 1 saturated carbocycles. The van der Waals surface area contributed by atoms with E-state index in [4.69, 9.17) is 5.73 Å². The van der Waals surface area contributed by atoms with Crippen molar-refractivity contribution in [3.8, 4) is 0 Å². The molecule has 5 heteroatoms. The van der Waals surface area contributed by atoms with Crippen LogP contribution in [0, 0.1) is 0 Å². The van der Waals surface area contributed by atoms with Crippen molar-refractivity contribution in [2.24, 2.45) is 5.73 Å². The summed E-state index contributed by atoms with van der Waals surface area (Å²) in [5, 5.41) is 4.12. The summed E-state index contributed by atoms with van der Waals surface area (Å²) in [5.41, 5.74) is 6.08. The predicted molar refractivity (Wildman–Crippen MR) is 57.5 cm³/mol. The first-order valence-electron chi connectivity index (χ1n) is 4.05. The first-order chi connectivity index (χ1) is 5.29. The maximum atomic E-state index is 6.03. The van der Waals surface area contributed by atoms with Crippen molar-refractivity contribution in [2.75, 3.05) is 0 Å². The van der Waals surface area contributed by atoms with Crippen LogP contribution in [0.2, 0.25) is 0 Å². The van der Waals surface area contributed by atoms with E-state index < -0.39 is 0 Å². The van der Waals surface area contributed by atoms with Gasteiger partial charge in [-0.15, -0.1) is 24.8 Å². The summed E-state index contributed by atoms with van der Waals surface area (Å²) < 4.78 is 1.92. The van der Waals surface area contributed by atoms with Gasteiger partial charge in [0.25, 0.3) is 0 Å². The van der Waals surface area contributed by atoms with Gasteiger partial charge in [0.1, 0.15) is 0 Å². The van der Waals surface area contributed by atoms with Gasteiger partial charge in [-0.1, -0.05) is 0 Å². The third-order valence-electron chi connectivity index (χ3n) is 2.39. The average molecular weight is 224 g/mol. The van der Waals surface area contributed by atoms with Gasteiger partial charge in [0.15, 0.2) is 0 Å². The van der Waals surface area contributed by atoms with Crippen molar-refractivity contribution in [1.29, 1.82) is 0 Å². The van der Waals surface area contributed by atoms with Gasteiger partial charge in [-0.2, -0.15) is 5.10 Å². The monoisotopic (exact) mass is 223 g/mol. The zero-order valence-corrected chi connectivity index (χ0v) is 8.98. The van der Waals surface area contributed by atoms with Crippen LogP contribution in [0.1, 0.15) is 19.3 Å². The molecule has 1 fully saturated rings. The van der Waals surface area contributed by atoms with Crippen LogP contribution < -0.4 is 5.73 Å². The van der Waals surface area contributed by atoms with Gasteiger partial charge in [0.2, 0.25) is 0 Å². The molecule has 2 N–H and O–H groups in total. The van der Waals surface area contributed by atoms with E-state index in [1.165, 1.54) is 6.42 Å².